The number of hydrogen-bond donors (Lipinski definition) is 2. The number of nitrogens with zero attached hydrogens (tertiary/aromatic N) is 2. The maximum atomic E-state index is 12.8. The second-order valence-corrected chi connectivity index (χ2v) is 4.72. The van der Waals surface area contributed by atoms with Crippen molar-refractivity contribution in [2.75, 3.05) is 17.7 Å². The number of nitrogens with one attached hydrogen (secondary N) is 2. The van der Waals surface area contributed by atoms with Crippen LogP contribution in [0.3, 0.4) is 0 Å². The molecule has 1 heterocycles. The van der Waals surface area contributed by atoms with Crippen molar-refractivity contribution in [1.82, 2.24) is 9.97 Å². The molecule has 0 aliphatic rings. The van der Waals surface area contributed by atoms with Crippen LogP contribution in [0, 0.1) is 5.92 Å². The second-order valence-electron chi connectivity index (χ2n) is 4.72. The number of hydrogen-bond acceptors (Lipinski definition) is 4. The van der Waals surface area contributed by atoms with E-state index in [1.54, 1.807) is 0 Å². The quantitative estimate of drug-likeness (QED) is 0.837. The van der Waals surface area contributed by atoms with E-state index in [0.717, 1.165) is 18.9 Å². The number of alkyl halides is 3. The molecule has 0 saturated heterocycles. The fourth-order valence-electron chi connectivity index (χ4n) is 2.13. The Labute approximate surface area is 117 Å². The Morgan fingerprint density at radius 3 is 2.25 bits per heavy atom. The molecule has 0 amide bonds. The van der Waals surface area contributed by atoms with Gasteiger partial charge < -0.3 is 10.6 Å². The highest BCUT2D eigenvalue weighted by molar-refractivity contribution is 5.43. The van der Waals surface area contributed by atoms with Gasteiger partial charge in [-0.05, 0) is 12.8 Å². The van der Waals surface area contributed by atoms with Crippen LogP contribution in [0.25, 0.3) is 0 Å². The summed E-state index contributed by atoms with van der Waals surface area (Å²) in [4.78, 5) is 7.45. The van der Waals surface area contributed by atoms with E-state index in [-0.39, 0.29) is 17.8 Å². The standard InChI is InChI=1S/C13H21F3N4/c1-5-9(6-2)8(3)18-11-7-10(13(14,15)16)19-12(17-4)20-11/h7-9H,5-6H2,1-4H3,(H2,17,18,19,20). The zero-order valence-corrected chi connectivity index (χ0v) is 12.2. The van der Waals surface area contributed by atoms with E-state index in [2.05, 4.69) is 34.4 Å². The monoisotopic (exact) mass is 290 g/mol. The molecule has 0 aliphatic carbocycles. The molecule has 2 N–H and O–H groups in total. The van der Waals surface area contributed by atoms with Crippen LogP contribution in [-0.4, -0.2) is 23.1 Å². The lowest BCUT2D eigenvalue weighted by Crippen LogP contribution is -2.26. The molecule has 1 rings (SSSR count). The highest BCUT2D eigenvalue weighted by atomic mass is 19.4. The summed E-state index contributed by atoms with van der Waals surface area (Å²) in [6.07, 6.45) is -2.56. The number of aromatic nitrogens is 2. The molecule has 114 valence electrons. The summed E-state index contributed by atoms with van der Waals surface area (Å²) in [6.45, 7) is 6.07. The van der Waals surface area contributed by atoms with Gasteiger partial charge in [0.15, 0.2) is 5.69 Å². The molecule has 0 bridgehead atoms. The lowest BCUT2D eigenvalue weighted by Gasteiger charge is -2.23. The fourth-order valence-corrected chi connectivity index (χ4v) is 2.13. The molecule has 0 aromatic carbocycles. The Balaban J connectivity index is 3.00. The molecule has 0 aliphatic heterocycles. The second kappa shape index (κ2) is 6.76. The van der Waals surface area contributed by atoms with E-state index < -0.39 is 11.9 Å². The van der Waals surface area contributed by atoms with Crippen LogP contribution in [0.5, 0.6) is 0 Å². The van der Waals surface area contributed by atoms with Gasteiger partial charge >= 0.3 is 6.18 Å². The lowest BCUT2D eigenvalue weighted by atomic mass is 9.95. The van der Waals surface area contributed by atoms with Crippen molar-refractivity contribution < 1.29 is 13.2 Å². The van der Waals surface area contributed by atoms with Crippen LogP contribution in [0.1, 0.15) is 39.3 Å². The smallest absolute Gasteiger partial charge is 0.367 e. The zero-order valence-electron chi connectivity index (χ0n) is 12.2. The van der Waals surface area contributed by atoms with Gasteiger partial charge in [0.25, 0.3) is 0 Å². The Morgan fingerprint density at radius 2 is 1.80 bits per heavy atom. The Morgan fingerprint density at radius 1 is 1.20 bits per heavy atom. The van der Waals surface area contributed by atoms with Gasteiger partial charge in [-0.3, -0.25) is 0 Å². The summed E-state index contributed by atoms with van der Waals surface area (Å²) < 4.78 is 38.3. The van der Waals surface area contributed by atoms with Crippen LogP contribution < -0.4 is 10.6 Å². The molecule has 1 unspecified atom stereocenters. The van der Waals surface area contributed by atoms with Crippen molar-refractivity contribution in [3.8, 4) is 0 Å². The minimum atomic E-state index is -4.48. The van der Waals surface area contributed by atoms with Crippen LogP contribution in [-0.2, 0) is 6.18 Å². The molecule has 1 atom stereocenters. The third kappa shape index (κ3) is 4.25. The number of halogens is 3. The molecular weight excluding hydrogens is 269 g/mol. The summed E-state index contributed by atoms with van der Waals surface area (Å²) in [7, 11) is 1.49. The topological polar surface area (TPSA) is 49.8 Å². The zero-order chi connectivity index (χ0) is 15.3. The van der Waals surface area contributed by atoms with Gasteiger partial charge in [-0.25, -0.2) is 4.98 Å². The van der Waals surface area contributed by atoms with E-state index in [0.29, 0.717) is 5.92 Å². The average Bonchev–Trinajstić information content (AvgIpc) is 2.38. The first-order valence-corrected chi connectivity index (χ1v) is 6.72. The molecule has 1 aromatic rings. The summed E-state index contributed by atoms with van der Waals surface area (Å²) in [5.41, 5.74) is -0.948. The minimum Gasteiger partial charge on any atom is -0.367 e. The number of rotatable bonds is 6. The van der Waals surface area contributed by atoms with E-state index in [1.807, 2.05) is 6.92 Å². The van der Waals surface area contributed by atoms with Crippen molar-refractivity contribution in [2.24, 2.45) is 5.92 Å². The largest absolute Gasteiger partial charge is 0.433 e. The van der Waals surface area contributed by atoms with Crippen LogP contribution >= 0.6 is 0 Å². The third-order valence-corrected chi connectivity index (χ3v) is 3.37. The van der Waals surface area contributed by atoms with Gasteiger partial charge in [0.1, 0.15) is 5.82 Å². The van der Waals surface area contributed by atoms with E-state index >= 15 is 0 Å². The predicted molar refractivity (Wildman–Crippen MR) is 73.7 cm³/mol. The molecule has 0 spiro atoms. The minimum absolute atomic E-state index is 0.0425. The maximum Gasteiger partial charge on any atom is 0.433 e. The third-order valence-electron chi connectivity index (χ3n) is 3.37. The van der Waals surface area contributed by atoms with Gasteiger partial charge in [-0.2, -0.15) is 18.2 Å². The van der Waals surface area contributed by atoms with Gasteiger partial charge in [0.05, 0.1) is 0 Å². The van der Waals surface area contributed by atoms with Crippen LogP contribution in [0.4, 0.5) is 24.9 Å². The van der Waals surface area contributed by atoms with Crippen molar-refractivity contribution in [3.63, 3.8) is 0 Å². The van der Waals surface area contributed by atoms with E-state index in [9.17, 15) is 13.2 Å². The Hall–Kier alpha value is -1.53. The lowest BCUT2D eigenvalue weighted by molar-refractivity contribution is -0.141. The number of anilines is 2. The normalized spacial score (nSPS) is 13.4. The summed E-state index contributed by atoms with van der Waals surface area (Å²) in [5.74, 6) is 0.535. The maximum absolute atomic E-state index is 12.8. The first-order valence-electron chi connectivity index (χ1n) is 6.72. The van der Waals surface area contributed by atoms with Crippen LogP contribution in [0.15, 0.2) is 6.07 Å². The van der Waals surface area contributed by atoms with Gasteiger partial charge in [0.2, 0.25) is 5.95 Å². The van der Waals surface area contributed by atoms with Gasteiger partial charge in [-0.15, -0.1) is 0 Å². The molecular formula is C13H21F3N4. The van der Waals surface area contributed by atoms with Crippen LogP contribution in [0.2, 0.25) is 0 Å². The molecule has 0 fully saturated rings. The van der Waals surface area contributed by atoms with E-state index in [1.165, 1.54) is 7.05 Å². The first-order chi connectivity index (χ1) is 9.31. The molecule has 4 nitrogen and oxygen atoms in total. The SMILES string of the molecule is CCC(CC)C(C)Nc1cc(C(F)(F)F)nc(NC)n1. The summed E-state index contributed by atoms with van der Waals surface area (Å²) >= 11 is 0. The van der Waals surface area contributed by atoms with Gasteiger partial charge in [0, 0.05) is 19.2 Å². The fraction of sp³-hybridized carbons (Fsp3) is 0.692. The van der Waals surface area contributed by atoms with Crippen molar-refractivity contribution >= 4 is 11.8 Å². The molecule has 0 saturated carbocycles. The highest BCUT2D eigenvalue weighted by Crippen LogP contribution is 2.30. The highest BCUT2D eigenvalue weighted by Gasteiger charge is 2.33. The molecule has 7 heteroatoms. The summed E-state index contributed by atoms with van der Waals surface area (Å²) in [5, 5.41) is 5.59. The van der Waals surface area contributed by atoms with Crippen molar-refractivity contribution in [1.29, 1.82) is 0 Å². The first kappa shape index (κ1) is 16.5. The Kier molecular flexibility index (Phi) is 5.59. The Bertz CT molecular complexity index is 430. The molecule has 1 aromatic heterocycles. The average molecular weight is 290 g/mol. The molecule has 0 radical (unpaired) electrons. The van der Waals surface area contributed by atoms with Crippen molar-refractivity contribution in [3.05, 3.63) is 11.8 Å². The molecule has 20 heavy (non-hydrogen) atoms. The van der Waals surface area contributed by atoms with Crippen molar-refractivity contribution in [2.45, 2.75) is 45.8 Å². The summed E-state index contributed by atoms with van der Waals surface area (Å²) in [6, 6.07) is 0.991. The van der Waals surface area contributed by atoms with E-state index in [4.69, 9.17) is 0 Å². The predicted octanol–water partition coefficient (Wildman–Crippen LogP) is 3.77. The van der Waals surface area contributed by atoms with Gasteiger partial charge in [-0.1, -0.05) is 26.7 Å².